The summed E-state index contributed by atoms with van der Waals surface area (Å²) in [7, 11) is 2.97. The molecule has 8 heteroatoms. The van der Waals surface area contributed by atoms with Crippen LogP contribution in [0.4, 0.5) is 0 Å². The predicted molar refractivity (Wildman–Crippen MR) is 124 cm³/mol. The minimum absolute atomic E-state index is 0.192. The Bertz CT molecular complexity index is 1210. The molecule has 1 unspecified atom stereocenters. The van der Waals surface area contributed by atoms with Crippen molar-refractivity contribution < 1.29 is 33.3 Å². The lowest BCUT2D eigenvalue weighted by atomic mass is 10.1. The second-order valence-corrected chi connectivity index (χ2v) is 7.96. The van der Waals surface area contributed by atoms with Crippen LogP contribution >= 0.6 is 0 Å². The van der Waals surface area contributed by atoms with Gasteiger partial charge in [-0.3, -0.25) is 4.79 Å². The fraction of sp³-hybridized carbons (Fsp3) is 0.308. The molecule has 0 radical (unpaired) electrons. The normalized spacial score (nSPS) is 14.4. The van der Waals surface area contributed by atoms with Gasteiger partial charge in [0.25, 0.3) is 0 Å². The van der Waals surface area contributed by atoms with Crippen LogP contribution in [0.15, 0.2) is 48.5 Å². The van der Waals surface area contributed by atoms with Gasteiger partial charge in [0.2, 0.25) is 5.78 Å². The number of para-hydroxylation sites is 2. The lowest BCUT2D eigenvalue weighted by Crippen LogP contribution is -2.33. The van der Waals surface area contributed by atoms with E-state index in [1.165, 1.54) is 14.2 Å². The molecule has 178 valence electrons. The standard InChI is InChI=1S/C26H27NO7/c1-16-11-21(17(2)27(16)13-19-14-32-23-7-5-6-8-24(23)34-19)22(28)15-33-26(29)20-10-9-18(30-3)12-25(20)31-4/h5-12,19H,13-15H2,1-4H3. The summed E-state index contributed by atoms with van der Waals surface area (Å²) in [5.74, 6) is 1.36. The summed E-state index contributed by atoms with van der Waals surface area (Å²) >= 11 is 0. The Hall–Kier alpha value is -3.94. The Morgan fingerprint density at radius 3 is 2.50 bits per heavy atom. The number of esters is 1. The molecule has 34 heavy (non-hydrogen) atoms. The molecule has 0 N–H and O–H groups in total. The molecular formula is C26H27NO7. The number of fused-ring (bicyclic) bond motifs is 1. The van der Waals surface area contributed by atoms with Crippen LogP contribution in [0.25, 0.3) is 0 Å². The maximum absolute atomic E-state index is 12.9. The molecule has 0 saturated carbocycles. The molecular weight excluding hydrogens is 438 g/mol. The van der Waals surface area contributed by atoms with E-state index in [0.29, 0.717) is 36.0 Å². The zero-order valence-corrected chi connectivity index (χ0v) is 19.6. The fourth-order valence-corrected chi connectivity index (χ4v) is 3.97. The van der Waals surface area contributed by atoms with Gasteiger partial charge in [0.15, 0.2) is 24.2 Å². The number of rotatable bonds is 8. The second kappa shape index (κ2) is 9.91. The zero-order chi connectivity index (χ0) is 24.2. The Labute approximate surface area is 197 Å². The lowest BCUT2D eigenvalue weighted by molar-refractivity contribution is 0.0471. The summed E-state index contributed by atoms with van der Waals surface area (Å²) in [6.07, 6.45) is -0.192. The zero-order valence-electron chi connectivity index (χ0n) is 19.6. The van der Waals surface area contributed by atoms with Crippen molar-refractivity contribution in [2.45, 2.75) is 26.5 Å². The van der Waals surface area contributed by atoms with Crippen molar-refractivity contribution in [3.63, 3.8) is 0 Å². The Morgan fingerprint density at radius 2 is 1.76 bits per heavy atom. The smallest absolute Gasteiger partial charge is 0.342 e. The summed E-state index contributed by atoms with van der Waals surface area (Å²) in [4.78, 5) is 25.4. The van der Waals surface area contributed by atoms with Gasteiger partial charge in [-0.15, -0.1) is 0 Å². The maximum atomic E-state index is 12.9. The third kappa shape index (κ3) is 4.71. The minimum Gasteiger partial charge on any atom is -0.497 e. The number of carbonyl (C=O) groups excluding carboxylic acids is 2. The number of nitrogens with zero attached hydrogens (tertiary/aromatic N) is 1. The number of aromatic nitrogens is 1. The van der Waals surface area contributed by atoms with Crippen LogP contribution in [0.3, 0.4) is 0 Å². The van der Waals surface area contributed by atoms with Crippen LogP contribution in [-0.4, -0.2) is 49.9 Å². The van der Waals surface area contributed by atoms with Gasteiger partial charge in [-0.2, -0.15) is 0 Å². The molecule has 0 amide bonds. The highest BCUT2D eigenvalue weighted by molar-refractivity contribution is 6.01. The fourth-order valence-electron chi connectivity index (χ4n) is 3.97. The van der Waals surface area contributed by atoms with Gasteiger partial charge in [-0.25, -0.2) is 4.79 Å². The molecule has 2 heterocycles. The average Bonchev–Trinajstić information content (AvgIpc) is 3.14. The molecule has 8 nitrogen and oxygen atoms in total. The first-order valence-corrected chi connectivity index (χ1v) is 10.9. The van der Waals surface area contributed by atoms with Crippen molar-refractivity contribution in [1.29, 1.82) is 0 Å². The molecule has 1 aliphatic rings. The molecule has 4 rings (SSSR count). The Morgan fingerprint density at radius 1 is 1.00 bits per heavy atom. The highest BCUT2D eigenvalue weighted by atomic mass is 16.6. The molecule has 0 saturated heterocycles. The number of Topliss-reactive ketones (excluding diaryl/α,β-unsaturated/α-hetero) is 1. The quantitative estimate of drug-likeness (QED) is 0.367. The van der Waals surface area contributed by atoms with Gasteiger partial charge >= 0.3 is 5.97 Å². The minimum atomic E-state index is -0.645. The number of benzene rings is 2. The largest absolute Gasteiger partial charge is 0.497 e. The van der Waals surface area contributed by atoms with Crippen molar-refractivity contribution in [2.24, 2.45) is 0 Å². The van der Waals surface area contributed by atoms with Gasteiger partial charge in [0.1, 0.15) is 23.7 Å². The van der Waals surface area contributed by atoms with E-state index in [1.54, 1.807) is 24.3 Å². The highest BCUT2D eigenvalue weighted by Gasteiger charge is 2.24. The summed E-state index contributed by atoms with van der Waals surface area (Å²) in [6, 6.07) is 14.1. The average molecular weight is 466 g/mol. The number of ether oxygens (including phenoxy) is 5. The first-order valence-electron chi connectivity index (χ1n) is 10.9. The third-order valence-electron chi connectivity index (χ3n) is 5.79. The van der Waals surface area contributed by atoms with Gasteiger partial charge in [-0.05, 0) is 44.2 Å². The van der Waals surface area contributed by atoms with Crippen LogP contribution in [0.5, 0.6) is 23.0 Å². The lowest BCUT2D eigenvalue weighted by Gasteiger charge is -2.27. The van der Waals surface area contributed by atoms with E-state index in [9.17, 15) is 9.59 Å². The number of ketones is 1. The molecule has 0 bridgehead atoms. The van der Waals surface area contributed by atoms with E-state index in [0.717, 1.165) is 17.1 Å². The van der Waals surface area contributed by atoms with Crippen LogP contribution in [0.2, 0.25) is 0 Å². The van der Waals surface area contributed by atoms with Crippen LogP contribution in [-0.2, 0) is 11.3 Å². The monoisotopic (exact) mass is 465 g/mol. The number of aryl methyl sites for hydroxylation is 1. The van der Waals surface area contributed by atoms with E-state index < -0.39 is 5.97 Å². The van der Waals surface area contributed by atoms with E-state index in [-0.39, 0.29) is 24.1 Å². The van der Waals surface area contributed by atoms with Crippen molar-refractivity contribution in [3.05, 3.63) is 71.0 Å². The Kier molecular flexibility index (Phi) is 6.77. The predicted octanol–water partition coefficient (Wildman–Crippen LogP) is 4.00. The second-order valence-electron chi connectivity index (χ2n) is 7.96. The maximum Gasteiger partial charge on any atom is 0.342 e. The van der Waals surface area contributed by atoms with Gasteiger partial charge in [0, 0.05) is 23.0 Å². The first-order chi connectivity index (χ1) is 16.4. The van der Waals surface area contributed by atoms with Gasteiger partial charge < -0.3 is 28.3 Å². The van der Waals surface area contributed by atoms with Crippen LogP contribution < -0.4 is 18.9 Å². The van der Waals surface area contributed by atoms with Crippen molar-refractivity contribution in [2.75, 3.05) is 27.4 Å². The van der Waals surface area contributed by atoms with Crippen molar-refractivity contribution in [3.8, 4) is 23.0 Å². The molecule has 1 aliphatic heterocycles. The molecule has 0 spiro atoms. The van der Waals surface area contributed by atoms with Gasteiger partial charge in [0.05, 0.1) is 20.8 Å². The van der Waals surface area contributed by atoms with Crippen molar-refractivity contribution in [1.82, 2.24) is 4.57 Å². The number of carbonyl (C=O) groups is 2. The Balaban J connectivity index is 1.42. The van der Waals surface area contributed by atoms with E-state index in [1.807, 2.05) is 42.7 Å². The molecule has 3 aromatic rings. The molecule has 0 aliphatic carbocycles. The van der Waals surface area contributed by atoms with Crippen LogP contribution in [0, 0.1) is 13.8 Å². The van der Waals surface area contributed by atoms with Crippen LogP contribution in [0.1, 0.15) is 32.1 Å². The molecule has 1 atom stereocenters. The summed E-state index contributed by atoms with van der Waals surface area (Å²) in [6.45, 7) is 4.36. The van der Waals surface area contributed by atoms with E-state index >= 15 is 0 Å². The molecule has 1 aromatic heterocycles. The number of hydrogen-bond donors (Lipinski definition) is 0. The summed E-state index contributed by atoms with van der Waals surface area (Å²) < 4.78 is 29.6. The first kappa shape index (κ1) is 23.2. The van der Waals surface area contributed by atoms with Crippen molar-refractivity contribution >= 4 is 11.8 Å². The highest BCUT2D eigenvalue weighted by Crippen LogP contribution is 2.32. The SMILES string of the molecule is COc1ccc(C(=O)OCC(=O)c2cc(C)n(CC3COc4ccccc4O3)c2C)c(OC)c1. The number of methoxy groups -OCH3 is 2. The van der Waals surface area contributed by atoms with E-state index in [4.69, 9.17) is 23.7 Å². The molecule has 2 aromatic carbocycles. The molecule has 0 fully saturated rings. The van der Waals surface area contributed by atoms with E-state index in [2.05, 4.69) is 0 Å². The third-order valence-corrected chi connectivity index (χ3v) is 5.79. The topological polar surface area (TPSA) is 85.2 Å². The summed E-state index contributed by atoms with van der Waals surface area (Å²) in [5, 5.41) is 0. The number of hydrogen-bond acceptors (Lipinski definition) is 7. The van der Waals surface area contributed by atoms with Gasteiger partial charge in [-0.1, -0.05) is 12.1 Å². The summed E-state index contributed by atoms with van der Waals surface area (Å²) in [5.41, 5.74) is 2.41.